The van der Waals surface area contributed by atoms with E-state index in [-0.39, 0.29) is 5.25 Å². The smallest absolute Gasteiger partial charge is 0.149 e. The van der Waals surface area contributed by atoms with Crippen LogP contribution in [0.4, 0.5) is 0 Å². The first-order valence-corrected chi connectivity index (χ1v) is 3.95. The van der Waals surface area contributed by atoms with E-state index < -0.39 is 4.87 Å². The van der Waals surface area contributed by atoms with Crippen LogP contribution in [-0.2, 0) is 0 Å². The highest BCUT2D eigenvalue weighted by molar-refractivity contribution is 8.09. The number of nitroso groups, excluding NO2 is 2. The monoisotopic (exact) mass is 168 g/mol. The Morgan fingerprint density at radius 3 is 2.91 bits per heavy atom. The van der Waals surface area contributed by atoms with Crippen LogP contribution in [0, 0.1) is 9.81 Å². The molecular weight excluding hydrogens is 164 g/mol. The molecule has 1 aliphatic heterocycles. The Labute approximate surface area is 66.7 Å². The van der Waals surface area contributed by atoms with E-state index >= 15 is 0 Å². The summed E-state index contributed by atoms with van der Waals surface area (Å²) < 4.78 is 0. The summed E-state index contributed by atoms with van der Waals surface area (Å²) in [4.78, 5) is 19.7. The first-order chi connectivity index (χ1) is 5.30. The third kappa shape index (κ3) is 0.841. The molecule has 1 saturated heterocycles. The van der Waals surface area contributed by atoms with Gasteiger partial charge in [0.25, 0.3) is 0 Å². The minimum absolute atomic E-state index is 0.0395. The van der Waals surface area contributed by atoms with Gasteiger partial charge in [-0.05, 0) is 28.6 Å². The minimum Gasteiger partial charge on any atom is -0.149 e. The molecule has 0 bridgehead atoms. The second-order valence-electron chi connectivity index (χ2n) is 2.40. The topological polar surface area (TPSA) is 58.9 Å². The Morgan fingerprint density at radius 1 is 1.55 bits per heavy atom. The molecule has 4 nitrogen and oxygen atoms in total. The Balaban J connectivity index is 2.27. The lowest BCUT2D eigenvalue weighted by Crippen LogP contribution is -2.07. The maximum atomic E-state index is 10.3. The number of nitrogens with zero attached hydrogens (tertiary/aromatic N) is 2. The zero-order valence-corrected chi connectivity index (χ0v) is 6.25. The van der Waals surface area contributed by atoms with E-state index in [4.69, 9.17) is 0 Å². The quantitative estimate of drug-likeness (QED) is 0.466. The molecule has 56 valence electrons. The van der Waals surface area contributed by atoms with Crippen LogP contribution in [0.3, 0.4) is 0 Å². The summed E-state index contributed by atoms with van der Waals surface area (Å²) in [5.41, 5.74) is 0.388. The van der Waals surface area contributed by atoms with E-state index in [1.165, 1.54) is 17.8 Å². The van der Waals surface area contributed by atoms with Crippen molar-refractivity contribution in [2.24, 2.45) is 10.4 Å². The second-order valence-corrected chi connectivity index (χ2v) is 3.80. The Hall–Kier alpha value is -0.970. The van der Waals surface area contributed by atoms with Gasteiger partial charge in [-0.25, -0.2) is 0 Å². The van der Waals surface area contributed by atoms with Crippen molar-refractivity contribution >= 4 is 11.8 Å². The molecule has 1 aliphatic carbocycles. The van der Waals surface area contributed by atoms with E-state index in [1.807, 2.05) is 0 Å². The van der Waals surface area contributed by atoms with E-state index in [1.54, 1.807) is 12.2 Å². The van der Waals surface area contributed by atoms with Gasteiger partial charge in [-0.3, -0.25) is 0 Å². The molecule has 0 aromatic rings. The van der Waals surface area contributed by atoms with E-state index in [0.717, 1.165) is 0 Å². The van der Waals surface area contributed by atoms with Crippen molar-refractivity contribution in [3.05, 3.63) is 33.7 Å². The first-order valence-electron chi connectivity index (χ1n) is 3.07. The lowest BCUT2D eigenvalue weighted by atomic mass is 10.1. The average Bonchev–Trinajstić information content (AvgIpc) is 2.77. The standard InChI is InChI=1S/C6H4N2O2S/c9-7-4-1-2-6(8-10)5(3-4)11-6/h1-3,5H. The van der Waals surface area contributed by atoms with Gasteiger partial charge in [0.1, 0.15) is 5.70 Å². The zero-order chi connectivity index (χ0) is 7.90. The minimum atomic E-state index is -0.603. The van der Waals surface area contributed by atoms with E-state index in [2.05, 4.69) is 10.4 Å². The molecule has 5 heteroatoms. The summed E-state index contributed by atoms with van der Waals surface area (Å²) in [7, 11) is 0. The fraction of sp³-hybridized carbons (Fsp3) is 0.333. The molecule has 0 spiro atoms. The van der Waals surface area contributed by atoms with Gasteiger partial charge in [0.05, 0.1) is 5.25 Å². The summed E-state index contributed by atoms with van der Waals surface area (Å²) in [6, 6.07) is 0. The molecule has 2 unspecified atom stereocenters. The number of allylic oxidation sites excluding steroid dienone is 1. The molecule has 1 heterocycles. The summed E-state index contributed by atoms with van der Waals surface area (Å²) in [5, 5.41) is 5.76. The molecule has 2 atom stereocenters. The third-order valence-corrected chi connectivity index (χ3v) is 3.07. The van der Waals surface area contributed by atoms with Crippen LogP contribution in [0.5, 0.6) is 0 Å². The molecule has 11 heavy (non-hydrogen) atoms. The van der Waals surface area contributed by atoms with E-state index in [9.17, 15) is 9.81 Å². The van der Waals surface area contributed by atoms with E-state index in [0.29, 0.717) is 5.70 Å². The average molecular weight is 168 g/mol. The van der Waals surface area contributed by atoms with Gasteiger partial charge in [-0.1, -0.05) is 0 Å². The molecule has 0 amide bonds. The van der Waals surface area contributed by atoms with Crippen LogP contribution in [0.15, 0.2) is 34.3 Å². The van der Waals surface area contributed by atoms with Gasteiger partial charge >= 0.3 is 0 Å². The third-order valence-electron chi connectivity index (χ3n) is 1.73. The highest BCUT2D eigenvalue weighted by Crippen LogP contribution is 2.58. The van der Waals surface area contributed by atoms with Gasteiger partial charge in [-0.2, -0.15) is 0 Å². The zero-order valence-electron chi connectivity index (χ0n) is 5.43. The molecule has 0 N–H and O–H groups in total. The number of fused-ring (bicyclic) bond motifs is 1. The fourth-order valence-electron chi connectivity index (χ4n) is 1.04. The van der Waals surface area contributed by atoms with Crippen molar-refractivity contribution in [1.82, 2.24) is 0 Å². The van der Waals surface area contributed by atoms with Crippen LogP contribution < -0.4 is 0 Å². The fourth-order valence-corrected chi connectivity index (χ4v) is 1.96. The van der Waals surface area contributed by atoms with Gasteiger partial charge in [0, 0.05) is 0 Å². The molecule has 0 aromatic heterocycles. The molecule has 1 fully saturated rings. The molecule has 2 aliphatic rings. The largest absolute Gasteiger partial charge is 0.182 e. The molecule has 0 radical (unpaired) electrons. The van der Waals surface area contributed by atoms with Crippen molar-refractivity contribution in [3.63, 3.8) is 0 Å². The van der Waals surface area contributed by atoms with Crippen LogP contribution in [-0.4, -0.2) is 10.1 Å². The van der Waals surface area contributed by atoms with Gasteiger partial charge < -0.3 is 0 Å². The molecule has 0 saturated carbocycles. The van der Waals surface area contributed by atoms with Gasteiger partial charge in [0.2, 0.25) is 0 Å². The molecule has 2 rings (SSSR count). The van der Waals surface area contributed by atoms with Crippen LogP contribution in [0.25, 0.3) is 0 Å². The highest BCUT2D eigenvalue weighted by atomic mass is 32.2. The maximum Gasteiger partial charge on any atom is 0.182 e. The van der Waals surface area contributed by atoms with Crippen molar-refractivity contribution in [2.75, 3.05) is 0 Å². The Morgan fingerprint density at radius 2 is 2.36 bits per heavy atom. The predicted molar refractivity (Wildman–Crippen MR) is 42.9 cm³/mol. The summed E-state index contributed by atoms with van der Waals surface area (Å²) in [6.45, 7) is 0. The van der Waals surface area contributed by atoms with Crippen molar-refractivity contribution in [2.45, 2.75) is 10.1 Å². The Bertz CT molecular complexity index is 286. The second kappa shape index (κ2) is 2.01. The van der Waals surface area contributed by atoms with Crippen molar-refractivity contribution in [1.29, 1.82) is 0 Å². The van der Waals surface area contributed by atoms with Gasteiger partial charge in [-0.15, -0.1) is 21.6 Å². The van der Waals surface area contributed by atoms with Crippen LogP contribution in [0.2, 0.25) is 0 Å². The highest BCUT2D eigenvalue weighted by Gasteiger charge is 2.56. The molecular formula is C6H4N2O2S. The number of hydrogen-bond acceptors (Lipinski definition) is 5. The number of rotatable bonds is 2. The van der Waals surface area contributed by atoms with Crippen molar-refractivity contribution < 1.29 is 0 Å². The van der Waals surface area contributed by atoms with Crippen molar-refractivity contribution in [3.8, 4) is 0 Å². The lowest BCUT2D eigenvalue weighted by molar-refractivity contribution is 0.856. The normalized spacial score (nSPS) is 38.9. The summed E-state index contributed by atoms with van der Waals surface area (Å²) >= 11 is 1.42. The first kappa shape index (κ1) is 6.72. The Kier molecular flexibility index (Phi) is 1.23. The SMILES string of the molecule is O=NC1=CC2SC2(N=O)C=C1. The predicted octanol–water partition coefficient (Wildman–Crippen LogP) is 1.78. The maximum absolute atomic E-state index is 10.3. The summed E-state index contributed by atoms with van der Waals surface area (Å²) in [5.74, 6) is 0. The van der Waals surface area contributed by atoms with Gasteiger partial charge in [0.15, 0.2) is 4.87 Å². The lowest BCUT2D eigenvalue weighted by Gasteiger charge is -2.00. The number of hydrogen-bond donors (Lipinski definition) is 0. The summed E-state index contributed by atoms with van der Waals surface area (Å²) in [6.07, 6.45) is 4.83. The van der Waals surface area contributed by atoms with Crippen LogP contribution in [0.1, 0.15) is 0 Å². The van der Waals surface area contributed by atoms with Crippen LogP contribution >= 0.6 is 11.8 Å². The molecule has 0 aromatic carbocycles. The number of thioether (sulfide) groups is 1.